The second kappa shape index (κ2) is 10.3. The molecule has 0 bridgehead atoms. The first-order valence-electron chi connectivity index (χ1n) is 12.0. The molecule has 0 radical (unpaired) electrons. The number of carbonyl (C=O) groups excluding carboxylic acids is 1. The van der Waals surface area contributed by atoms with Crippen molar-refractivity contribution < 1.29 is 4.79 Å². The van der Waals surface area contributed by atoms with E-state index >= 15 is 0 Å². The zero-order valence-corrected chi connectivity index (χ0v) is 20.9. The Morgan fingerprint density at radius 1 is 0.921 bits per heavy atom. The first kappa shape index (κ1) is 24.3. The van der Waals surface area contributed by atoms with Crippen LogP contribution in [0.2, 0.25) is 0 Å². The highest BCUT2D eigenvalue weighted by Gasteiger charge is 2.21. The maximum atomic E-state index is 13.2. The van der Waals surface area contributed by atoms with Crippen molar-refractivity contribution in [2.75, 3.05) is 5.32 Å². The predicted molar refractivity (Wildman–Crippen MR) is 147 cm³/mol. The Hall–Kier alpha value is -5.42. The number of carbonyl (C=O) groups is 1. The molecule has 186 valence electrons. The summed E-state index contributed by atoms with van der Waals surface area (Å²) in [4.78, 5) is 26.5. The van der Waals surface area contributed by atoms with Gasteiger partial charge in [-0.1, -0.05) is 66.7 Å². The number of nitrogens with one attached hydrogen (secondary N) is 1. The third-order valence-electron chi connectivity index (χ3n) is 6.27. The van der Waals surface area contributed by atoms with Crippen LogP contribution in [0.4, 0.5) is 5.69 Å². The van der Waals surface area contributed by atoms with Crippen LogP contribution in [-0.4, -0.2) is 25.1 Å². The minimum atomic E-state index is -0.676. The SMILES string of the molecule is Cc1c(NC(=O)C(C#N)=Cc2cn(-c3ccccc3)nc2-c2ccccc2)c(=O)n(-c2ccccc2)n1C. The summed E-state index contributed by atoms with van der Waals surface area (Å²) in [6, 6.07) is 30.3. The number of hydrogen-bond donors (Lipinski definition) is 1. The van der Waals surface area contributed by atoms with Crippen LogP contribution in [-0.2, 0) is 11.8 Å². The molecule has 2 heterocycles. The minimum Gasteiger partial charge on any atom is -0.315 e. The van der Waals surface area contributed by atoms with Crippen molar-refractivity contribution in [2.45, 2.75) is 6.92 Å². The maximum Gasteiger partial charge on any atom is 0.295 e. The number of nitrogens with zero attached hydrogens (tertiary/aromatic N) is 5. The van der Waals surface area contributed by atoms with Gasteiger partial charge < -0.3 is 5.32 Å². The van der Waals surface area contributed by atoms with Gasteiger partial charge in [0.15, 0.2) is 0 Å². The Morgan fingerprint density at radius 3 is 2.11 bits per heavy atom. The van der Waals surface area contributed by atoms with Crippen molar-refractivity contribution in [1.29, 1.82) is 5.26 Å². The molecule has 0 fully saturated rings. The zero-order valence-electron chi connectivity index (χ0n) is 20.9. The largest absolute Gasteiger partial charge is 0.315 e. The molecule has 38 heavy (non-hydrogen) atoms. The number of hydrogen-bond acceptors (Lipinski definition) is 4. The van der Waals surface area contributed by atoms with E-state index in [2.05, 4.69) is 5.32 Å². The molecule has 0 spiro atoms. The quantitative estimate of drug-likeness (QED) is 0.265. The van der Waals surface area contributed by atoms with Gasteiger partial charge in [-0.2, -0.15) is 10.4 Å². The lowest BCUT2D eigenvalue weighted by Crippen LogP contribution is -2.23. The second-order valence-electron chi connectivity index (χ2n) is 8.64. The molecule has 8 nitrogen and oxygen atoms in total. The van der Waals surface area contributed by atoms with E-state index < -0.39 is 5.91 Å². The number of rotatable bonds is 6. The number of amides is 1. The standard InChI is InChI=1S/C30H24N6O2/c1-21-27(30(38)36(34(21)2)26-16-10-5-11-17-26)32-29(37)23(19-31)18-24-20-35(25-14-8-4-9-15-25)33-28(24)22-12-6-3-7-13-22/h3-18,20H,1-2H3,(H,32,37). The van der Waals surface area contributed by atoms with Gasteiger partial charge in [0.05, 0.1) is 22.8 Å². The number of nitriles is 1. The highest BCUT2D eigenvalue weighted by molar-refractivity contribution is 6.10. The van der Waals surface area contributed by atoms with E-state index in [4.69, 9.17) is 5.10 Å². The van der Waals surface area contributed by atoms with Crippen LogP contribution >= 0.6 is 0 Å². The lowest BCUT2D eigenvalue weighted by atomic mass is 10.1. The highest BCUT2D eigenvalue weighted by atomic mass is 16.2. The van der Waals surface area contributed by atoms with Crippen LogP contribution in [0.15, 0.2) is 108 Å². The molecule has 1 N–H and O–H groups in total. The van der Waals surface area contributed by atoms with E-state index in [0.29, 0.717) is 22.6 Å². The van der Waals surface area contributed by atoms with Crippen molar-refractivity contribution in [3.05, 3.63) is 124 Å². The van der Waals surface area contributed by atoms with Gasteiger partial charge in [0.2, 0.25) is 0 Å². The maximum absolute atomic E-state index is 13.2. The summed E-state index contributed by atoms with van der Waals surface area (Å²) in [6.07, 6.45) is 3.27. The molecule has 0 aliphatic rings. The van der Waals surface area contributed by atoms with Gasteiger partial charge in [0.25, 0.3) is 11.5 Å². The first-order valence-corrected chi connectivity index (χ1v) is 12.0. The van der Waals surface area contributed by atoms with E-state index in [0.717, 1.165) is 11.3 Å². The Kier molecular flexibility index (Phi) is 6.57. The fraction of sp³-hybridized carbons (Fsp3) is 0.0667. The van der Waals surface area contributed by atoms with Crippen LogP contribution in [0, 0.1) is 18.3 Å². The van der Waals surface area contributed by atoms with E-state index in [9.17, 15) is 14.9 Å². The third-order valence-corrected chi connectivity index (χ3v) is 6.27. The number of benzene rings is 3. The van der Waals surface area contributed by atoms with Crippen LogP contribution < -0.4 is 10.9 Å². The molecule has 2 aromatic heterocycles. The average Bonchev–Trinajstić information content (AvgIpc) is 3.47. The van der Waals surface area contributed by atoms with E-state index in [1.165, 1.54) is 10.8 Å². The monoisotopic (exact) mass is 500 g/mol. The lowest BCUT2D eigenvalue weighted by molar-refractivity contribution is -0.112. The summed E-state index contributed by atoms with van der Waals surface area (Å²) < 4.78 is 4.85. The summed E-state index contributed by atoms with van der Waals surface area (Å²) >= 11 is 0. The molecule has 0 saturated carbocycles. The minimum absolute atomic E-state index is 0.116. The first-order chi connectivity index (χ1) is 18.5. The summed E-state index contributed by atoms with van der Waals surface area (Å²) in [5, 5.41) is 17.3. The summed E-state index contributed by atoms with van der Waals surface area (Å²) in [6.45, 7) is 1.74. The Bertz CT molecular complexity index is 1740. The van der Waals surface area contributed by atoms with Crippen molar-refractivity contribution in [1.82, 2.24) is 19.1 Å². The van der Waals surface area contributed by atoms with Crippen LogP contribution in [0.3, 0.4) is 0 Å². The molecule has 5 aromatic rings. The van der Waals surface area contributed by atoms with Crippen molar-refractivity contribution in [3.8, 4) is 28.7 Å². The zero-order chi connectivity index (χ0) is 26.6. The molecule has 0 atom stereocenters. The van der Waals surface area contributed by atoms with E-state index in [1.807, 2.05) is 97.1 Å². The van der Waals surface area contributed by atoms with E-state index in [-0.39, 0.29) is 16.8 Å². The fourth-order valence-corrected chi connectivity index (χ4v) is 4.22. The van der Waals surface area contributed by atoms with Crippen LogP contribution in [0.25, 0.3) is 28.7 Å². The van der Waals surface area contributed by atoms with Crippen LogP contribution in [0.1, 0.15) is 11.3 Å². The molecule has 8 heteroatoms. The Balaban J connectivity index is 1.54. The third kappa shape index (κ3) is 4.56. The van der Waals surface area contributed by atoms with Gasteiger partial charge in [-0.05, 0) is 37.3 Å². The van der Waals surface area contributed by atoms with Gasteiger partial charge >= 0.3 is 0 Å². The molecular formula is C30H24N6O2. The number of para-hydroxylation sites is 2. The van der Waals surface area contributed by atoms with Crippen molar-refractivity contribution in [2.24, 2.45) is 7.05 Å². The smallest absolute Gasteiger partial charge is 0.295 e. The van der Waals surface area contributed by atoms with E-state index in [1.54, 1.807) is 29.5 Å². The lowest BCUT2D eigenvalue weighted by Gasteiger charge is -2.07. The molecule has 0 unspecified atom stereocenters. The fourth-order valence-electron chi connectivity index (χ4n) is 4.22. The molecular weight excluding hydrogens is 476 g/mol. The molecule has 0 aliphatic carbocycles. The predicted octanol–water partition coefficient (Wildman–Crippen LogP) is 4.88. The highest BCUT2D eigenvalue weighted by Crippen LogP contribution is 2.26. The number of anilines is 1. The molecule has 5 rings (SSSR count). The topological polar surface area (TPSA) is 97.6 Å². The van der Waals surface area contributed by atoms with Gasteiger partial charge in [-0.3, -0.25) is 14.3 Å². The van der Waals surface area contributed by atoms with Gasteiger partial charge in [-0.25, -0.2) is 9.36 Å². The molecule has 1 amide bonds. The van der Waals surface area contributed by atoms with Gasteiger partial charge in [-0.15, -0.1) is 0 Å². The Labute approximate surface area is 219 Å². The van der Waals surface area contributed by atoms with Crippen LogP contribution in [0.5, 0.6) is 0 Å². The summed E-state index contributed by atoms with van der Waals surface area (Å²) in [7, 11) is 1.74. The van der Waals surface area contributed by atoms with Crippen molar-refractivity contribution in [3.63, 3.8) is 0 Å². The Morgan fingerprint density at radius 2 is 1.50 bits per heavy atom. The average molecular weight is 501 g/mol. The van der Waals surface area contributed by atoms with Crippen molar-refractivity contribution >= 4 is 17.7 Å². The normalized spacial score (nSPS) is 11.2. The molecule has 0 saturated heterocycles. The summed E-state index contributed by atoms with van der Waals surface area (Å²) in [5.74, 6) is -0.676. The van der Waals surface area contributed by atoms with Gasteiger partial charge in [0.1, 0.15) is 17.3 Å². The second-order valence-corrected chi connectivity index (χ2v) is 8.64. The molecule has 0 aliphatic heterocycles. The van der Waals surface area contributed by atoms with Gasteiger partial charge in [0, 0.05) is 24.4 Å². The summed E-state index contributed by atoms with van der Waals surface area (Å²) in [5.41, 5.74) is 3.71. The molecule has 3 aromatic carbocycles. The number of aromatic nitrogens is 4.